The number of halogens is 1. The number of aromatic hydroxyl groups is 1. The summed E-state index contributed by atoms with van der Waals surface area (Å²) in [6, 6.07) is 20.2. The van der Waals surface area contributed by atoms with Gasteiger partial charge in [0.15, 0.2) is 0 Å². The van der Waals surface area contributed by atoms with E-state index in [-0.39, 0.29) is 24.0 Å². The van der Waals surface area contributed by atoms with Crippen LogP contribution in [0, 0.1) is 6.92 Å². The molecule has 0 spiro atoms. The molecule has 1 aromatic heterocycles. The highest BCUT2D eigenvalue weighted by atomic mass is 35.5. The van der Waals surface area contributed by atoms with E-state index in [1.165, 1.54) is 0 Å². The molecule has 1 amide bonds. The summed E-state index contributed by atoms with van der Waals surface area (Å²) in [4.78, 5) is 17.0. The molecule has 0 bridgehead atoms. The zero-order valence-electron chi connectivity index (χ0n) is 15.0. The average molecular weight is 381 g/mol. The van der Waals surface area contributed by atoms with Gasteiger partial charge in [-0.25, -0.2) is 0 Å². The molecule has 3 aromatic rings. The van der Waals surface area contributed by atoms with Crippen LogP contribution in [0.25, 0.3) is 0 Å². The lowest BCUT2D eigenvalue weighted by Crippen LogP contribution is -2.25. The molecular weight excluding hydrogens is 360 g/mol. The van der Waals surface area contributed by atoms with Crippen molar-refractivity contribution < 1.29 is 9.90 Å². The van der Waals surface area contributed by atoms with Crippen molar-refractivity contribution in [3.63, 3.8) is 0 Å². The number of carbonyl (C=O) groups is 1. The number of benzene rings is 2. The normalized spacial score (nSPS) is 11.8. The Morgan fingerprint density at radius 2 is 1.78 bits per heavy atom. The molecule has 0 aliphatic carbocycles. The molecule has 27 heavy (non-hydrogen) atoms. The number of aryl methyl sites for hydroxylation is 1. The van der Waals surface area contributed by atoms with Crippen LogP contribution in [0.1, 0.15) is 34.9 Å². The van der Waals surface area contributed by atoms with Crippen LogP contribution in [0.5, 0.6) is 5.75 Å². The summed E-state index contributed by atoms with van der Waals surface area (Å²) in [6.07, 6.45) is 0.246. The number of nitrogens with zero attached hydrogens (tertiary/aromatic N) is 1. The lowest BCUT2D eigenvalue weighted by atomic mass is 9.88. The second-order valence-corrected chi connectivity index (χ2v) is 6.89. The Bertz CT molecular complexity index is 897. The molecule has 0 aliphatic heterocycles. The van der Waals surface area contributed by atoms with Gasteiger partial charge in [0, 0.05) is 23.1 Å². The Kier molecular flexibility index (Phi) is 6.09. The molecular formula is C22H21ClN2O2. The molecule has 138 valence electrons. The van der Waals surface area contributed by atoms with Crippen LogP contribution < -0.4 is 5.32 Å². The van der Waals surface area contributed by atoms with E-state index in [1.54, 1.807) is 24.3 Å². The third-order valence-electron chi connectivity index (χ3n) is 4.33. The van der Waals surface area contributed by atoms with Crippen molar-refractivity contribution in [2.45, 2.75) is 25.8 Å². The highest BCUT2D eigenvalue weighted by molar-refractivity contribution is 6.30. The molecule has 1 atom stereocenters. The Labute approximate surface area is 163 Å². The van der Waals surface area contributed by atoms with Crippen molar-refractivity contribution >= 4 is 17.5 Å². The minimum atomic E-state index is -0.207. The van der Waals surface area contributed by atoms with Gasteiger partial charge in [-0.3, -0.25) is 9.78 Å². The summed E-state index contributed by atoms with van der Waals surface area (Å²) in [5, 5.41) is 13.4. The molecule has 5 heteroatoms. The number of phenolic OH excluding ortho intramolecular Hbond substituents is 1. The zero-order chi connectivity index (χ0) is 19.2. The third-order valence-corrected chi connectivity index (χ3v) is 4.56. The van der Waals surface area contributed by atoms with E-state index in [4.69, 9.17) is 11.6 Å². The van der Waals surface area contributed by atoms with E-state index < -0.39 is 0 Å². The van der Waals surface area contributed by atoms with Gasteiger partial charge in [-0.2, -0.15) is 0 Å². The van der Waals surface area contributed by atoms with Gasteiger partial charge in [-0.15, -0.1) is 0 Å². The molecule has 0 radical (unpaired) electrons. The first-order valence-electron chi connectivity index (χ1n) is 8.75. The van der Waals surface area contributed by atoms with Gasteiger partial charge >= 0.3 is 0 Å². The second-order valence-electron chi connectivity index (χ2n) is 6.45. The molecule has 0 saturated carbocycles. The largest absolute Gasteiger partial charge is 0.508 e. The topological polar surface area (TPSA) is 62.2 Å². The first-order chi connectivity index (χ1) is 13.0. The molecule has 1 unspecified atom stereocenters. The standard InChI is InChI=1S/C22H21ClN2O2/c1-15-5-2-9-19(25-15)14-24-22(27)13-21(16-6-3-8-18(23)11-16)17-7-4-10-20(26)12-17/h2-12,21,26H,13-14H2,1H3,(H,24,27). The fourth-order valence-corrected chi connectivity index (χ4v) is 3.24. The summed E-state index contributed by atoms with van der Waals surface area (Å²) >= 11 is 6.14. The predicted octanol–water partition coefficient (Wildman–Crippen LogP) is 4.59. The minimum absolute atomic E-state index is 0.0911. The van der Waals surface area contributed by atoms with Gasteiger partial charge in [0.25, 0.3) is 0 Å². The minimum Gasteiger partial charge on any atom is -0.508 e. The number of hydrogen-bond acceptors (Lipinski definition) is 3. The van der Waals surface area contributed by atoms with Gasteiger partial charge in [-0.05, 0) is 54.4 Å². The van der Waals surface area contributed by atoms with E-state index >= 15 is 0 Å². The summed E-state index contributed by atoms with van der Waals surface area (Å²) in [6.45, 7) is 2.30. The van der Waals surface area contributed by atoms with Gasteiger partial charge in [0.2, 0.25) is 5.91 Å². The van der Waals surface area contributed by atoms with Gasteiger partial charge in [0.1, 0.15) is 5.75 Å². The lowest BCUT2D eigenvalue weighted by Gasteiger charge is -2.18. The molecule has 4 nitrogen and oxygen atoms in total. The van der Waals surface area contributed by atoms with Crippen LogP contribution in [0.15, 0.2) is 66.7 Å². The smallest absolute Gasteiger partial charge is 0.221 e. The Hall–Kier alpha value is -2.85. The molecule has 2 aromatic carbocycles. The maximum atomic E-state index is 12.6. The van der Waals surface area contributed by atoms with Crippen LogP contribution in [-0.4, -0.2) is 16.0 Å². The van der Waals surface area contributed by atoms with E-state index in [1.807, 2.05) is 49.4 Å². The number of rotatable bonds is 6. The van der Waals surface area contributed by atoms with Crippen molar-refractivity contribution in [1.29, 1.82) is 0 Å². The highest BCUT2D eigenvalue weighted by Gasteiger charge is 2.19. The number of amides is 1. The van der Waals surface area contributed by atoms with E-state index in [0.717, 1.165) is 22.5 Å². The lowest BCUT2D eigenvalue weighted by molar-refractivity contribution is -0.121. The van der Waals surface area contributed by atoms with Crippen LogP contribution in [0.2, 0.25) is 5.02 Å². The van der Waals surface area contributed by atoms with Gasteiger partial charge in [0.05, 0.1) is 12.2 Å². The summed E-state index contributed by atoms with van der Waals surface area (Å²) < 4.78 is 0. The van der Waals surface area contributed by atoms with E-state index in [2.05, 4.69) is 10.3 Å². The Morgan fingerprint density at radius 3 is 2.48 bits per heavy atom. The fourth-order valence-electron chi connectivity index (χ4n) is 3.04. The molecule has 0 aliphatic rings. The summed E-state index contributed by atoms with van der Waals surface area (Å²) in [5.74, 6) is -0.128. The fraction of sp³-hybridized carbons (Fsp3) is 0.182. The van der Waals surface area contributed by atoms with E-state index in [9.17, 15) is 9.90 Å². The van der Waals surface area contributed by atoms with Crippen LogP contribution in [-0.2, 0) is 11.3 Å². The van der Waals surface area contributed by atoms with Crippen molar-refractivity contribution in [3.8, 4) is 5.75 Å². The maximum Gasteiger partial charge on any atom is 0.221 e. The molecule has 0 fully saturated rings. The SMILES string of the molecule is Cc1cccc(CNC(=O)CC(c2cccc(O)c2)c2cccc(Cl)c2)n1. The highest BCUT2D eigenvalue weighted by Crippen LogP contribution is 2.31. The first kappa shape index (κ1) is 18.9. The van der Waals surface area contributed by atoms with Crippen LogP contribution >= 0.6 is 11.6 Å². The number of phenols is 1. The first-order valence-corrected chi connectivity index (χ1v) is 9.12. The number of carbonyl (C=O) groups excluding carboxylic acids is 1. The third kappa shape index (κ3) is 5.31. The summed E-state index contributed by atoms with van der Waals surface area (Å²) in [5.41, 5.74) is 3.52. The molecule has 1 heterocycles. The van der Waals surface area contributed by atoms with Gasteiger partial charge < -0.3 is 10.4 Å². The van der Waals surface area contributed by atoms with Crippen LogP contribution in [0.4, 0.5) is 0 Å². The maximum absolute atomic E-state index is 12.6. The number of hydrogen-bond donors (Lipinski definition) is 2. The second kappa shape index (κ2) is 8.69. The quantitative estimate of drug-likeness (QED) is 0.657. The average Bonchev–Trinajstić information content (AvgIpc) is 2.64. The molecule has 2 N–H and O–H groups in total. The predicted molar refractivity (Wildman–Crippen MR) is 107 cm³/mol. The molecule has 0 saturated heterocycles. The Balaban J connectivity index is 1.77. The van der Waals surface area contributed by atoms with Crippen LogP contribution in [0.3, 0.4) is 0 Å². The van der Waals surface area contributed by atoms with Crippen molar-refractivity contribution in [2.75, 3.05) is 0 Å². The van der Waals surface area contributed by atoms with Crippen molar-refractivity contribution in [1.82, 2.24) is 10.3 Å². The zero-order valence-corrected chi connectivity index (χ0v) is 15.8. The number of aromatic nitrogens is 1. The Morgan fingerprint density at radius 1 is 1.07 bits per heavy atom. The van der Waals surface area contributed by atoms with Crippen molar-refractivity contribution in [2.24, 2.45) is 0 Å². The molecule has 3 rings (SSSR count). The van der Waals surface area contributed by atoms with E-state index in [0.29, 0.717) is 11.6 Å². The number of pyridine rings is 1. The number of nitrogens with one attached hydrogen (secondary N) is 1. The van der Waals surface area contributed by atoms with Crippen molar-refractivity contribution in [3.05, 3.63) is 94.3 Å². The monoisotopic (exact) mass is 380 g/mol. The van der Waals surface area contributed by atoms with Gasteiger partial charge in [-0.1, -0.05) is 41.9 Å². The summed E-state index contributed by atoms with van der Waals surface area (Å²) in [7, 11) is 0.